The van der Waals surface area contributed by atoms with Gasteiger partial charge in [-0.25, -0.2) is 0 Å². The molecule has 29 heavy (non-hydrogen) atoms. The summed E-state index contributed by atoms with van der Waals surface area (Å²) in [5.74, 6) is -0.277. The van der Waals surface area contributed by atoms with Crippen molar-refractivity contribution < 1.29 is 9.59 Å². The summed E-state index contributed by atoms with van der Waals surface area (Å²) in [5.41, 5.74) is 4.73. The highest BCUT2D eigenvalue weighted by atomic mass is 35.5. The number of thioether (sulfide) groups is 1. The van der Waals surface area contributed by atoms with Gasteiger partial charge in [-0.3, -0.25) is 19.5 Å². The molecule has 3 heterocycles. The Kier molecular flexibility index (Phi) is 5.30. The highest BCUT2D eigenvalue weighted by molar-refractivity contribution is 8.18. The molecule has 2 amide bonds. The number of hydrogen-bond donors (Lipinski definition) is 0. The van der Waals surface area contributed by atoms with E-state index in [0.29, 0.717) is 9.93 Å². The van der Waals surface area contributed by atoms with E-state index < -0.39 is 0 Å². The number of halogens is 1. The molecule has 1 aliphatic rings. The van der Waals surface area contributed by atoms with Gasteiger partial charge in [0.1, 0.15) is 0 Å². The van der Waals surface area contributed by atoms with Crippen LogP contribution >= 0.6 is 23.4 Å². The Hall–Kier alpha value is -2.83. The number of carbonyl (C=O) groups excluding carboxylic acids is 2. The van der Waals surface area contributed by atoms with E-state index in [1.54, 1.807) is 30.6 Å². The standard InChI is InChI=1S/C22H18ClN3O2S/c1-14-10-17(15(2)26(14)19-4-3-9-24-12-19)11-20-21(27)25(22(28)29-20)13-16-5-7-18(23)8-6-16/h3-12H,13H2,1-2H3. The van der Waals surface area contributed by atoms with E-state index in [-0.39, 0.29) is 17.7 Å². The topological polar surface area (TPSA) is 55.2 Å². The third-order valence-corrected chi connectivity index (χ3v) is 5.95. The molecule has 3 aromatic rings. The van der Waals surface area contributed by atoms with Gasteiger partial charge in [-0.1, -0.05) is 23.7 Å². The van der Waals surface area contributed by atoms with Crippen LogP contribution in [-0.2, 0) is 11.3 Å². The summed E-state index contributed by atoms with van der Waals surface area (Å²) >= 11 is 6.88. The summed E-state index contributed by atoms with van der Waals surface area (Å²) in [6.07, 6.45) is 5.32. The zero-order valence-corrected chi connectivity index (χ0v) is 17.5. The summed E-state index contributed by atoms with van der Waals surface area (Å²) in [5, 5.41) is 0.351. The van der Waals surface area contributed by atoms with Crippen LogP contribution in [0.25, 0.3) is 11.8 Å². The van der Waals surface area contributed by atoms with Crippen molar-refractivity contribution in [2.24, 2.45) is 0 Å². The number of imide groups is 1. The number of aryl methyl sites for hydroxylation is 1. The second kappa shape index (κ2) is 7.89. The molecule has 0 aliphatic carbocycles. The van der Waals surface area contributed by atoms with Crippen LogP contribution in [0, 0.1) is 13.8 Å². The lowest BCUT2D eigenvalue weighted by Gasteiger charge is -2.12. The van der Waals surface area contributed by atoms with Crippen molar-refractivity contribution in [3.8, 4) is 5.69 Å². The van der Waals surface area contributed by atoms with Crippen molar-refractivity contribution in [2.75, 3.05) is 0 Å². The van der Waals surface area contributed by atoms with Crippen LogP contribution in [0.5, 0.6) is 0 Å². The van der Waals surface area contributed by atoms with Gasteiger partial charge >= 0.3 is 0 Å². The predicted octanol–water partition coefficient (Wildman–Crippen LogP) is 5.38. The highest BCUT2D eigenvalue weighted by Gasteiger charge is 2.35. The maximum Gasteiger partial charge on any atom is 0.293 e. The lowest BCUT2D eigenvalue weighted by molar-refractivity contribution is -0.123. The third kappa shape index (κ3) is 3.86. The molecule has 0 bridgehead atoms. The lowest BCUT2D eigenvalue weighted by atomic mass is 10.2. The Morgan fingerprint density at radius 3 is 2.59 bits per heavy atom. The van der Waals surface area contributed by atoms with Crippen LogP contribution in [0.2, 0.25) is 5.02 Å². The van der Waals surface area contributed by atoms with Gasteiger partial charge in [0, 0.05) is 22.6 Å². The summed E-state index contributed by atoms with van der Waals surface area (Å²) in [7, 11) is 0. The quantitative estimate of drug-likeness (QED) is 0.528. The number of nitrogens with zero attached hydrogens (tertiary/aromatic N) is 3. The van der Waals surface area contributed by atoms with E-state index in [1.807, 2.05) is 44.2 Å². The van der Waals surface area contributed by atoms with E-state index in [9.17, 15) is 9.59 Å². The molecule has 5 nitrogen and oxygen atoms in total. The number of benzene rings is 1. The fourth-order valence-electron chi connectivity index (χ4n) is 3.37. The minimum atomic E-state index is -0.277. The van der Waals surface area contributed by atoms with E-state index in [0.717, 1.165) is 40.0 Å². The molecule has 7 heteroatoms. The second-order valence-corrected chi connectivity index (χ2v) is 8.20. The van der Waals surface area contributed by atoms with E-state index in [1.165, 1.54) is 4.90 Å². The molecular weight excluding hydrogens is 406 g/mol. The Bertz CT molecular complexity index is 1120. The third-order valence-electron chi connectivity index (χ3n) is 4.79. The first-order valence-corrected chi connectivity index (χ1v) is 10.2. The Balaban J connectivity index is 1.62. The molecule has 1 aliphatic heterocycles. The number of hydrogen-bond acceptors (Lipinski definition) is 4. The van der Waals surface area contributed by atoms with Crippen molar-refractivity contribution >= 4 is 40.6 Å². The maximum absolute atomic E-state index is 12.8. The molecule has 4 rings (SSSR count). The molecule has 146 valence electrons. The van der Waals surface area contributed by atoms with Gasteiger partial charge in [-0.15, -0.1) is 0 Å². The number of amides is 2. The normalized spacial score (nSPS) is 15.6. The molecule has 1 fully saturated rings. The zero-order chi connectivity index (χ0) is 20.5. The lowest BCUT2D eigenvalue weighted by Crippen LogP contribution is -2.27. The summed E-state index contributed by atoms with van der Waals surface area (Å²) in [6.45, 7) is 4.22. The number of pyridine rings is 1. The molecule has 1 saturated heterocycles. The van der Waals surface area contributed by atoms with Gasteiger partial charge in [0.2, 0.25) is 0 Å². The molecule has 0 atom stereocenters. The SMILES string of the molecule is Cc1cc(C=C2SC(=O)N(Cc3ccc(Cl)cc3)C2=O)c(C)n1-c1cccnc1. The monoisotopic (exact) mass is 423 g/mol. The van der Waals surface area contributed by atoms with Gasteiger partial charge in [0.25, 0.3) is 11.1 Å². The highest BCUT2D eigenvalue weighted by Crippen LogP contribution is 2.34. The van der Waals surface area contributed by atoms with Crippen molar-refractivity contribution in [3.63, 3.8) is 0 Å². The molecular formula is C22H18ClN3O2S. The average molecular weight is 424 g/mol. The van der Waals surface area contributed by atoms with Gasteiger partial charge < -0.3 is 4.57 Å². The summed E-state index contributed by atoms with van der Waals surface area (Å²) in [4.78, 5) is 31.1. The Morgan fingerprint density at radius 2 is 1.90 bits per heavy atom. The molecule has 0 N–H and O–H groups in total. The number of carbonyl (C=O) groups is 2. The Morgan fingerprint density at radius 1 is 1.14 bits per heavy atom. The molecule has 0 radical (unpaired) electrons. The van der Waals surface area contributed by atoms with Gasteiger partial charge in [0.15, 0.2) is 0 Å². The fraction of sp³-hybridized carbons (Fsp3) is 0.136. The van der Waals surface area contributed by atoms with Crippen LogP contribution in [0.3, 0.4) is 0 Å². The predicted molar refractivity (Wildman–Crippen MR) is 116 cm³/mol. The molecule has 2 aromatic heterocycles. The first-order chi connectivity index (χ1) is 13.9. The minimum absolute atomic E-state index is 0.230. The van der Waals surface area contributed by atoms with E-state index in [4.69, 9.17) is 11.6 Å². The summed E-state index contributed by atoms with van der Waals surface area (Å²) in [6, 6.07) is 13.0. The number of aromatic nitrogens is 2. The van der Waals surface area contributed by atoms with E-state index >= 15 is 0 Å². The smallest absolute Gasteiger partial charge is 0.293 e. The first kappa shape index (κ1) is 19.5. The van der Waals surface area contributed by atoms with Gasteiger partial charge in [0.05, 0.1) is 23.3 Å². The van der Waals surface area contributed by atoms with Crippen molar-refractivity contribution in [2.45, 2.75) is 20.4 Å². The van der Waals surface area contributed by atoms with Crippen LogP contribution in [0.1, 0.15) is 22.5 Å². The molecule has 1 aromatic carbocycles. The zero-order valence-electron chi connectivity index (χ0n) is 15.9. The minimum Gasteiger partial charge on any atom is -0.316 e. The van der Waals surface area contributed by atoms with Crippen LogP contribution in [0.15, 0.2) is 59.8 Å². The second-order valence-electron chi connectivity index (χ2n) is 6.77. The van der Waals surface area contributed by atoms with E-state index in [2.05, 4.69) is 9.55 Å². The van der Waals surface area contributed by atoms with Crippen molar-refractivity contribution in [1.29, 1.82) is 0 Å². The maximum atomic E-state index is 12.8. The van der Waals surface area contributed by atoms with Crippen LogP contribution in [-0.4, -0.2) is 25.6 Å². The molecule has 0 unspecified atom stereocenters. The average Bonchev–Trinajstić information content (AvgIpc) is 3.14. The van der Waals surface area contributed by atoms with Gasteiger partial charge in [-0.2, -0.15) is 0 Å². The fourth-order valence-corrected chi connectivity index (χ4v) is 4.32. The Labute approximate surface area is 178 Å². The van der Waals surface area contributed by atoms with Crippen LogP contribution < -0.4 is 0 Å². The largest absolute Gasteiger partial charge is 0.316 e. The number of rotatable bonds is 4. The molecule has 0 saturated carbocycles. The van der Waals surface area contributed by atoms with Crippen molar-refractivity contribution in [3.05, 3.63) is 87.3 Å². The molecule has 0 spiro atoms. The van der Waals surface area contributed by atoms with Crippen molar-refractivity contribution in [1.82, 2.24) is 14.5 Å². The van der Waals surface area contributed by atoms with Gasteiger partial charge in [-0.05, 0) is 73.1 Å². The van der Waals surface area contributed by atoms with Crippen LogP contribution in [0.4, 0.5) is 4.79 Å². The summed E-state index contributed by atoms with van der Waals surface area (Å²) < 4.78 is 2.08. The first-order valence-electron chi connectivity index (χ1n) is 9.03.